The minimum Gasteiger partial charge on any atom is -0.396 e. The predicted octanol–water partition coefficient (Wildman–Crippen LogP) is 2.23. The van der Waals surface area contributed by atoms with Crippen LogP contribution in [0.3, 0.4) is 0 Å². The van der Waals surface area contributed by atoms with E-state index in [4.69, 9.17) is 5.11 Å². The maximum absolute atomic E-state index is 12.1. The molecule has 0 aliphatic rings. The molecule has 0 bridgehead atoms. The lowest BCUT2D eigenvalue weighted by atomic mass is 9.85. The van der Waals surface area contributed by atoms with Crippen LogP contribution in [0.1, 0.15) is 48.8 Å². The molecule has 0 radical (unpaired) electrons. The zero-order valence-electron chi connectivity index (χ0n) is 11.5. The molecule has 0 spiro atoms. The van der Waals surface area contributed by atoms with Gasteiger partial charge >= 0.3 is 0 Å². The van der Waals surface area contributed by atoms with E-state index in [0.29, 0.717) is 11.3 Å². The molecule has 1 rings (SSSR count). The highest BCUT2D eigenvalue weighted by Gasteiger charge is 2.26. The van der Waals surface area contributed by atoms with Crippen molar-refractivity contribution in [3.63, 3.8) is 0 Å². The van der Waals surface area contributed by atoms with Gasteiger partial charge in [0.2, 0.25) is 0 Å². The molecule has 0 saturated carbocycles. The molecule has 0 saturated heterocycles. The van der Waals surface area contributed by atoms with Crippen LogP contribution in [-0.2, 0) is 6.42 Å². The smallest absolute Gasteiger partial charge is 0.263 e. The number of carbonyl (C=O) groups is 1. The number of aryl methyl sites for hydroxylation is 1. The Labute approximate surface area is 112 Å². The first-order valence-corrected chi connectivity index (χ1v) is 7.06. The molecule has 102 valence electrons. The number of aliphatic hydroxyl groups excluding tert-OH is 1. The van der Waals surface area contributed by atoms with Crippen LogP contribution < -0.4 is 5.32 Å². The number of aliphatic hydroxyl groups is 1. The van der Waals surface area contributed by atoms with Gasteiger partial charge in [-0.15, -0.1) is 11.3 Å². The van der Waals surface area contributed by atoms with E-state index in [1.165, 1.54) is 11.3 Å². The Morgan fingerprint density at radius 1 is 1.56 bits per heavy atom. The molecule has 1 amide bonds. The standard InChI is InChI=1S/C13H22N2O2S/c1-5-11-14-8-9(18-11)12(17)15-10(6-7-16)13(2,3)4/h8,10,16H,5-7H2,1-4H3,(H,15,17). The summed E-state index contributed by atoms with van der Waals surface area (Å²) in [6.45, 7) is 8.25. The number of rotatable bonds is 5. The van der Waals surface area contributed by atoms with Crippen molar-refractivity contribution in [1.82, 2.24) is 10.3 Å². The molecule has 2 N–H and O–H groups in total. The van der Waals surface area contributed by atoms with Crippen LogP contribution in [0.5, 0.6) is 0 Å². The number of carbonyl (C=O) groups excluding carboxylic acids is 1. The Hall–Kier alpha value is -0.940. The molecule has 1 aromatic heterocycles. The molecule has 0 fully saturated rings. The van der Waals surface area contributed by atoms with Crippen molar-refractivity contribution in [1.29, 1.82) is 0 Å². The monoisotopic (exact) mass is 270 g/mol. The fourth-order valence-electron chi connectivity index (χ4n) is 1.66. The van der Waals surface area contributed by atoms with Crippen LogP contribution in [0.15, 0.2) is 6.20 Å². The molecule has 0 aromatic carbocycles. The predicted molar refractivity (Wildman–Crippen MR) is 73.9 cm³/mol. The summed E-state index contributed by atoms with van der Waals surface area (Å²) in [6.07, 6.45) is 3.03. The maximum atomic E-state index is 12.1. The van der Waals surface area contributed by atoms with Crippen LogP contribution in [0, 0.1) is 5.41 Å². The van der Waals surface area contributed by atoms with E-state index < -0.39 is 0 Å². The minimum absolute atomic E-state index is 0.0397. The van der Waals surface area contributed by atoms with E-state index >= 15 is 0 Å². The number of nitrogens with zero attached hydrogens (tertiary/aromatic N) is 1. The number of nitrogens with one attached hydrogen (secondary N) is 1. The van der Waals surface area contributed by atoms with Gasteiger partial charge in [-0.2, -0.15) is 0 Å². The summed E-state index contributed by atoms with van der Waals surface area (Å²) < 4.78 is 0. The van der Waals surface area contributed by atoms with Crippen molar-refractivity contribution in [2.75, 3.05) is 6.61 Å². The van der Waals surface area contributed by atoms with Crippen LogP contribution in [0.25, 0.3) is 0 Å². The van der Waals surface area contributed by atoms with Crippen LogP contribution in [0.2, 0.25) is 0 Å². The van der Waals surface area contributed by atoms with Gasteiger partial charge in [-0.3, -0.25) is 4.79 Å². The van der Waals surface area contributed by atoms with E-state index in [1.54, 1.807) is 6.20 Å². The molecule has 1 atom stereocenters. The van der Waals surface area contributed by atoms with E-state index in [0.717, 1.165) is 11.4 Å². The molecular weight excluding hydrogens is 248 g/mol. The summed E-state index contributed by atoms with van der Waals surface area (Å²) >= 11 is 1.43. The fraction of sp³-hybridized carbons (Fsp3) is 0.692. The molecule has 1 aromatic rings. The number of hydrogen-bond acceptors (Lipinski definition) is 4. The molecule has 4 nitrogen and oxygen atoms in total. The Morgan fingerprint density at radius 2 is 2.22 bits per heavy atom. The summed E-state index contributed by atoms with van der Waals surface area (Å²) in [7, 11) is 0. The molecule has 5 heteroatoms. The first-order valence-electron chi connectivity index (χ1n) is 6.25. The van der Waals surface area contributed by atoms with E-state index in [2.05, 4.69) is 31.1 Å². The third-order valence-electron chi connectivity index (χ3n) is 2.85. The SMILES string of the molecule is CCc1ncc(C(=O)NC(CCO)C(C)(C)C)s1. The normalized spacial score (nSPS) is 13.4. The minimum atomic E-state index is -0.0967. The van der Waals surface area contributed by atoms with E-state index in [1.807, 2.05) is 6.92 Å². The zero-order valence-corrected chi connectivity index (χ0v) is 12.3. The van der Waals surface area contributed by atoms with Crippen molar-refractivity contribution in [2.24, 2.45) is 5.41 Å². The lowest BCUT2D eigenvalue weighted by Gasteiger charge is -2.30. The second-order valence-corrected chi connectivity index (χ2v) is 6.49. The average Bonchev–Trinajstić information content (AvgIpc) is 2.75. The van der Waals surface area contributed by atoms with Crippen molar-refractivity contribution in [3.8, 4) is 0 Å². The van der Waals surface area contributed by atoms with Gasteiger partial charge in [0.1, 0.15) is 4.88 Å². The molecule has 0 aliphatic heterocycles. The number of hydrogen-bond donors (Lipinski definition) is 2. The van der Waals surface area contributed by atoms with Crippen LogP contribution >= 0.6 is 11.3 Å². The maximum Gasteiger partial charge on any atom is 0.263 e. The van der Waals surface area contributed by atoms with Crippen molar-refractivity contribution < 1.29 is 9.90 Å². The van der Waals surface area contributed by atoms with Gasteiger partial charge in [-0.25, -0.2) is 4.98 Å². The van der Waals surface area contributed by atoms with E-state index in [9.17, 15) is 4.79 Å². The highest BCUT2D eigenvalue weighted by atomic mass is 32.1. The highest BCUT2D eigenvalue weighted by Crippen LogP contribution is 2.22. The van der Waals surface area contributed by atoms with Gasteiger partial charge in [-0.1, -0.05) is 27.7 Å². The van der Waals surface area contributed by atoms with Gasteiger partial charge in [0.05, 0.1) is 11.2 Å². The third kappa shape index (κ3) is 4.07. The van der Waals surface area contributed by atoms with Crippen LogP contribution in [0.4, 0.5) is 0 Å². The highest BCUT2D eigenvalue weighted by molar-refractivity contribution is 7.13. The van der Waals surface area contributed by atoms with E-state index in [-0.39, 0.29) is 24.0 Å². The van der Waals surface area contributed by atoms with Crippen molar-refractivity contribution in [2.45, 2.75) is 46.6 Å². The molecule has 1 heterocycles. The summed E-state index contributed by atoms with van der Waals surface area (Å²) in [5.74, 6) is -0.0967. The molecule has 0 aliphatic carbocycles. The quantitative estimate of drug-likeness (QED) is 0.862. The van der Waals surface area contributed by atoms with Gasteiger partial charge < -0.3 is 10.4 Å². The second kappa shape index (κ2) is 6.29. The van der Waals surface area contributed by atoms with Gasteiger partial charge in [0, 0.05) is 12.6 Å². The first kappa shape index (κ1) is 15.1. The Kier molecular flexibility index (Phi) is 5.28. The number of thiazole rings is 1. The topological polar surface area (TPSA) is 62.2 Å². The largest absolute Gasteiger partial charge is 0.396 e. The van der Waals surface area contributed by atoms with Gasteiger partial charge in [0.25, 0.3) is 5.91 Å². The number of aromatic nitrogens is 1. The average molecular weight is 270 g/mol. The van der Waals surface area contributed by atoms with Crippen LogP contribution in [-0.4, -0.2) is 28.6 Å². The Bertz CT molecular complexity index is 396. The Morgan fingerprint density at radius 3 is 2.67 bits per heavy atom. The molecule has 18 heavy (non-hydrogen) atoms. The number of amides is 1. The summed E-state index contributed by atoms with van der Waals surface area (Å²) in [6, 6.07) is -0.0397. The lowest BCUT2D eigenvalue weighted by molar-refractivity contribution is 0.0889. The van der Waals surface area contributed by atoms with Gasteiger partial charge in [0.15, 0.2) is 0 Å². The first-order chi connectivity index (χ1) is 8.38. The molecule has 1 unspecified atom stereocenters. The Balaban J connectivity index is 2.72. The second-order valence-electron chi connectivity index (χ2n) is 5.38. The summed E-state index contributed by atoms with van der Waals surface area (Å²) in [5.41, 5.74) is -0.0728. The lowest BCUT2D eigenvalue weighted by Crippen LogP contribution is -2.44. The third-order valence-corrected chi connectivity index (χ3v) is 3.99. The van der Waals surface area contributed by atoms with Crippen molar-refractivity contribution in [3.05, 3.63) is 16.1 Å². The summed E-state index contributed by atoms with van der Waals surface area (Å²) in [4.78, 5) is 16.9. The van der Waals surface area contributed by atoms with Gasteiger partial charge in [-0.05, 0) is 18.3 Å². The zero-order chi connectivity index (χ0) is 13.8. The summed E-state index contributed by atoms with van der Waals surface area (Å²) in [5, 5.41) is 13.0. The molecular formula is C13H22N2O2S. The fourth-order valence-corrected chi connectivity index (χ4v) is 2.42. The van der Waals surface area contributed by atoms with Crippen molar-refractivity contribution >= 4 is 17.2 Å².